The predicted octanol–water partition coefficient (Wildman–Crippen LogP) is 4.49. The lowest BCUT2D eigenvalue weighted by atomic mass is 10.1. The fraction of sp³-hybridized carbons (Fsp3) is 0.375. The van der Waals surface area contributed by atoms with Gasteiger partial charge in [0.05, 0.1) is 29.7 Å². The molecule has 8 heteroatoms. The van der Waals surface area contributed by atoms with Crippen molar-refractivity contribution in [3.8, 4) is 5.75 Å². The molecule has 0 aromatic heterocycles. The third-order valence-corrected chi connectivity index (χ3v) is 5.93. The first-order valence-electron chi connectivity index (χ1n) is 7.39. The molecule has 2 saturated heterocycles. The average Bonchev–Trinajstić information content (AvgIpc) is 3.11. The minimum Gasteiger partial charge on any atom is -0.495 e. The smallest absolute Gasteiger partial charge is 0.266 e. The number of amides is 1. The van der Waals surface area contributed by atoms with Crippen molar-refractivity contribution >= 4 is 67.8 Å². The molecule has 0 N–H and O–H groups in total. The van der Waals surface area contributed by atoms with Gasteiger partial charge < -0.3 is 9.47 Å². The molecule has 0 bridgehead atoms. The Morgan fingerprint density at radius 3 is 3.04 bits per heavy atom. The van der Waals surface area contributed by atoms with E-state index in [1.807, 2.05) is 6.07 Å². The molecule has 0 radical (unpaired) electrons. The monoisotopic (exact) mass is 447 g/mol. The fourth-order valence-electron chi connectivity index (χ4n) is 2.69. The summed E-state index contributed by atoms with van der Waals surface area (Å²) in [6.07, 6.45) is 3.83. The van der Waals surface area contributed by atoms with Crippen molar-refractivity contribution in [3.05, 3.63) is 32.1 Å². The van der Waals surface area contributed by atoms with Crippen molar-refractivity contribution in [1.82, 2.24) is 4.90 Å². The highest BCUT2D eigenvalue weighted by Gasteiger charge is 2.34. The SMILES string of the molecule is COc1c(Cl)cc(Br)cc1/C=C1\SC(=S)N(C[C@H]2CCCO2)C1=O. The van der Waals surface area contributed by atoms with Gasteiger partial charge in [-0.25, -0.2) is 0 Å². The van der Waals surface area contributed by atoms with Crippen LogP contribution in [0.1, 0.15) is 18.4 Å². The Morgan fingerprint density at radius 1 is 1.58 bits per heavy atom. The van der Waals surface area contributed by atoms with Gasteiger partial charge in [0.25, 0.3) is 5.91 Å². The van der Waals surface area contributed by atoms with Crippen LogP contribution in [-0.2, 0) is 9.53 Å². The van der Waals surface area contributed by atoms with Crippen LogP contribution in [0.15, 0.2) is 21.5 Å². The van der Waals surface area contributed by atoms with Crippen molar-refractivity contribution in [2.24, 2.45) is 0 Å². The average molecular weight is 449 g/mol. The van der Waals surface area contributed by atoms with Crippen molar-refractivity contribution in [2.45, 2.75) is 18.9 Å². The van der Waals surface area contributed by atoms with Gasteiger partial charge in [0.15, 0.2) is 0 Å². The molecule has 1 aromatic rings. The third kappa shape index (κ3) is 3.80. The summed E-state index contributed by atoms with van der Waals surface area (Å²) in [6, 6.07) is 3.61. The maximum absolute atomic E-state index is 12.7. The molecule has 0 spiro atoms. The Kier molecular flexibility index (Phi) is 5.87. The van der Waals surface area contributed by atoms with Crippen LogP contribution in [0.25, 0.3) is 6.08 Å². The number of hydrogen-bond acceptors (Lipinski definition) is 5. The molecule has 2 aliphatic heterocycles. The van der Waals surface area contributed by atoms with E-state index in [-0.39, 0.29) is 12.0 Å². The van der Waals surface area contributed by atoms with Crippen LogP contribution in [0, 0.1) is 0 Å². The van der Waals surface area contributed by atoms with Gasteiger partial charge >= 0.3 is 0 Å². The number of ether oxygens (including phenoxy) is 2. The van der Waals surface area contributed by atoms with E-state index in [2.05, 4.69) is 15.9 Å². The summed E-state index contributed by atoms with van der Waals surface area (Å²) in [4.78, 5) is 14.9. The number of thiocarbonyl (C=S) groups is 1. The minimum atomic E-state index is -0.0985. The second-order valence-corrected chi connectivity index (χ2v) is 8.44. The second kappa shape index (κ2) is 7.74. The van der Waals surface area contributed by atoms with E-state index < -0.39 is 0 Å². The third-order valence-electron chi connectivity index (χ3n) is 3.81. The van der Waals surface area contributed by atoms with E-state index in [9.17, 15) is 4.79 Å². The van der Waals surface area contributed by atoms with Gasteiger partial charge in [-0.3, -0.25) is 9.69 Å². The van der Waals surface area contributed by atoms with Crippen LogP contribution in [0.2, 0.25) is 5.02 Å². The molecule has 24 heavy (non-hydrogen) atoms. The summed E-state index contributed by atoms with van der Waals surface area (Å²) >= 11 is 16.3. The molecule has 128 valence electrons. The molecule has 0 aliphatic carbocycles. The zero-order valence-electron chi connectivity index (χ0n) is 12.9. The Balaban J connectivity index is 1.86. The molecular formula is C16H15BrClNO3S2. The highest BCUT2D eigenvalue weighted by atomic mass is 79.9. The van der Waals surface area contributed by atoms with E-state index in [0.29, 0.717) is 26.5 Å². The van der Waals surface area contributed by atoms with Crippen LogP contribution in [0.3, 0.4) is 0 Å². The lowest BCUT2D eigenvalue weighted by Crippen LogP contribution is -2.35. The van der Waals surface area contributed by atoms with Crippen LogP contribution in [0.4, 0.5) is 0 Å². The first-order valence-corrected chi connectivity index (χ1v) is 9.79. The summed E-state index contributed by atoms with van der Waals surface area (Å²) in [7, 11) is 1.55. The molecule has 1 amide bonds. The number of carbonyl (C=O) groups is 1. The number of rotatable bonds is 4. The number of carbonyl (C=O) groups excluding carboxylic acids is 1. The molecule has 2 heterocycles. The van der Waals surface area contributed by atoms with Gasteiger partial charge in [-0.05, 0) is 31.1 Å². The van der Waals surface area contributed by atoms with E-state index in [0.717, 1.165) is 29.5 Å². The van der Waals surface area contributed by atoms with Gasteiger partial charge in [0, 0.05) is 16.6 Å². The molecular weight excluding hydrogens is 434 g/mol. The summed E-state index contributed by atoms with van der Waals surface area (Å²) in [5.41, 5.74) is 0.731. The van der Waals surface area contributed by atoms with Crippen LogP contribution in [0.5, 0.6) is 5.75 Å². The highest BCUT2D eigenvalue weighted by molar-refractivity contribution is 9.10. The fourth-order valence-corrected chi connectivity index (χ4v) is 4.87. The standard InChI is InChI=1S/C16H15BrClNO3S2/c1-21-14-9(5-10(17)7-12(14)18)6-13-15(20)19(16(23)24-13)8-11-3-2-4-22-11/h5-7,11H,2-4,8H2,1H3/b13-6-/t11-/m1/s1. The Labute approximate surface area is 163 Å². The summed E-state index contributed by atoms with van der Waals surface area (Å²) < 4.78 is 12.3. The van der Waals surface area contributed by atoms with Gasteiger partial charge in [-0.1, -0.05) is 51.5 Å². The number of methoxy groups -OCH3 is 1. The highest BCUT2D eigenvalue weighted by Crippen LogP contribution is 2.38. The molecule has 2 aliphatic rings. The lowest BCUT2D eigenvalue weighted by Gasteiger charge is -2.18. The zero-order valence-corrected chi connectivity index (χ0v) is 16.9. The van der Waals surface area contributed by atoms with Crippen LogP contribution < -0.4 is 4.74 Å². The first-order chi connectivity index (χ1) is 11.5. The van der Waals surface area contributed by atoms with Gasteiger partial charge in [-0.2, -0.15) is 0 Å². The summed E-state index contributed by atoms with van der Waals surface area (Å²) in [5.74, 6) is 0.433. The molecule has 0 saturated carbocycles. The number of benzene rings is 1. The summed E-state index contributed by atoms with van der Waals surface area (Å²) in [5, 5.41) is 0.480. The lowest BCUT2D eigenvalue weighted by molar-refractivity contribution is -0.123. The normalized spacial score (nSPS) is 22.7. The molecule has 2 fully saturated rings. The van der Waals surface area contributed by atoms with Gasteiger partial charge in [0.2, 0.25) is 0 Å². The summed E-state index contributed by atoms with van der Waals surface area (Å²) in [6.45, 7) is 1.27. The molecule has 0 unspecified atom stereocenters. The maximum atomic E-state index is 12.7. The van der Waals surface area contributed by atoms with Gasteiger partial charge in [-0.15, -0.1) is 0 Å². The zero-order chi connectivity index (χ0) is 17.3. The number of hydrogen-bond donors (Lipinski definition) is 0. The predicted molar refractivity (Wildman–Crippen MR) is 105 cm³/mol. The van der Waals surface area contributed by atoms with Crippen molar-refractivity contribution in [3.63, 3.8) is 0 Å². The number of nitrogens with zero attached hydrogens (tertiary/aromatic N) is 1. The van der Waals surface area contributed by atoms with Crippen LogP contribution >= 0.6 is 51.5 Å². The molecule has 4 nitrogen and oxygen atoms in total. The van der Waals surface area contributed by atoms with Crippen molar-refractivity contribution in [1.29, 1.82) is 0 Å². The Bertz CT molecular complexity index is 720. The molecule has 1 aromatic carbocycles. The molecule has 3 rings (SSSR count). The number of halogens is 2. The first kappa shape index (κ1) is 18.2. The van der Waals surface area contributed by atoms with Crippen LogP contribution in [-0.4, -0.2) is 41.5 Å². The second-order valence-electron chi connectivity index (χ2n) is 5.44. The van der Waals surface area contributed by atoms with E-state index in [4.69, 9.17) is 33.3 Å². The Hall–Kier alpha value is -0.600. The van der Waals surface area contributed by atoms with Crippen molar-refractivity contribution < 1.29 is 14.3 Å². The molecule has 1 atom stereocenters. The number of thioether (sulfide) groups is 1. The van der Waals surface area contributed by atoms with Crippen molar-refractivity contribution in [2.75, 3.05) is 20.3 Å². The topological polar surface area (TPSA) is 38.8 Å². The van der Waals surface area contributed by atoms with E-state index in [1.54, 1.807) is 24.2 Å². The van der Waals surface area contributed by atoms with Gasteiger partial charge in [0.1, 0.15) is 10.1 Å². The minimum absolute atomic E-state index is 0.0710. The Morgan fingerprint density at radius 2 is 2.38 bits per heavy atom. The van der Waals surface area contributed by atoms with E-state index in [1.165, 1.54) is 11.8 Å². The maximum Gasteiger partial charge on any atom is 0.266 e. The quantitative estimate of drug-likeness (QED) is 0.501. The largest absolute Gasteiger partial charge is 0.495 e. The van der Waals surface area contributed by atoms with E-state index >= 15 is 0 Å².